The number of hydrogen-bond donors (Lipinski definition) is 1. The molecule has 1 aromatic heterocycles. The number of hydrogen-bond acceptors (Lipinski definition) is 4. The summed E-state index contributed by atoms with van der Waals surface area (Å²) in [5, 5.41) is 3.20. The van der Waals surface area contributed by atoms with Gasteiger partial charge in [-0.15, -0.1) is 0 Å². The fraction of sp³-hybridized carbons (Fsp3) is 0.643. The van der Waals surface area contributed by atoms with Crippen molar-refractivity contribution < 1.29 is 8.42 Å². The SMILES string of the molecule is CCCCCCC(C)Nc1ncccc1S(C)(=O)=O. The number of unbranched alkanes of at least 4 members (excludes halogenated alkanes) is 3. The Kier molecular flexibility index (Phi) is 6.28. The molecule has 19 heavy (non-hydrogen) atoms. The van der Waals surface area contributed by atoms with Gasteiger partial charge in [-0.05, 0) is 25.5 Å². The number of rotatable bonds is 8. The lowest BCUT2D eigenvalue weighted by atomic mass is 10.1. The van der Waals surface area contributed by atoms with Crippen LogP contribution in [0.4, 0.5) is 5.82 Å². The number of nitrogens with one attached hydrogen (secondary N) is 1. The minimum absolute atomic E-state index is 0.229. The normalized spacial score (nSPS) is 13.2. The number of anilines is 1. The van der Waals surface area contributed by atoms with Crippen LogP contribution in [0.5, 0.6) is 0 Å². The molecular formula is C14H24N2O2S. The molecule has 4 nitrogen and oxygen atoms in total. The Hall–Kier alpha value is -1.10. The van der Waals surface area contributed by atoms with E-state index in [4.69, 9.17) is 0 Å². The van der Waals surface area contributed by atoms with Crippen molar-refractivity contribution in [3.05, 3.63) is 18.3 Å². The number of sulfone groups is 1. The van der Waals surface area contributed by atoms with Crippen LogP contribution in [-0.4, -0.2) is 25.7 Å². The third-order valence-electron chi connectivity index (χ3n) is 3.04. The van der Waals surface area contributed by atoms with Gasteiger partial charge in [0, 0.05) is 18.5 Å². The molecule has 1 atom stereocenters. The van der Waals surface area contributed by atoms with Crippen molar-refractivity contribution >= 4 is 15.7 Å². The zero-order valence-electron chi connectivity index (χ0n) is 12.0. The maximum atomic E-state index is 11.7. The van der Waals surface area contributed by atoms with Crippen molar-refractivity contribution in [2.24, 2.45) is 0 Å². The van der Waals surface area contributed by atoms with E-state index < -0.39 is 9.84 Å². The van der Waals surface area contributed by atoms with Crippen LogP contribution in [0.3, 0.4) is 0 Å². The highest BCUT2D eigenvalue weighted by atomic mass is 32.2. The molecule has 0 saturated heterocycles. The fourth-order valence-corrected chi connectivity index (χ4v) is 2.77. The lowest BCUT2D eigenvalue weighted by molar-refractivity contribution is 0.589. The molecule has 0 aliphatic heterocycles. The minimum Gasteiger partial charge on any atom is -0.367 e. The summed E-state index contributed by atoms with van der Waals surface area (Å²) in [6.07, 6.45) is 8.71. The standard InChI is InChI=1S/C14H24N2O2S/c1-4-5-6-7-9-12(2)16-14-13(19(3,17)18)10-8-11-15-14/h8,10-12H,4-7,9H2,1-3H3,(H,15,16). The first-order valence-corrected chi connectivity index (χ1v) is 8.76. The van der Waals surface area contributed by atoms with Gasteiger partial charge in [0.1, 0.15) is 10.7 Å². The Labute approximate surface area is 116 Å². The van der Waals surface area contributed by atoms with Crippen LogP contribution in [-0.2, 0) is 9.84 Å². The number of aromatic nitrogens is 1. The van der Waals surface area contributed by atoms with Gasteiger partial charge in [0.2, 0.25) is 0 Å². The molecule has 0 radical (unpaired) electrons. The zero-order chi connectivity index (χ0) is 14.3. The number of nitrogens with zero attached hydrogens (tertiary/aromatic N) is 1. The van der Waals surface area contributed by atoms with Gasteiger partial charge in [-0.25, -0.2) is 13.4 Å². The summed E-state index contributed by atoms with van der Waals surface area (Å²) in [6, 6.07) is 3.47. The van der Waals surface area contributed by atoms with Crippen molar-refractivity contribution in [1.82, 2.24) is 4.98 Å². The van der Waals surface area contributed by atoms with Crippen molar-refractivity contribution in [2.75, 3.05) is 11.6 Å². The summed E-state index contributed by atoms with van der Waals surface area (Å²) in [7, 11) is -3.23. The third kappa shape index (κ3) is 5.59. The van der Waals surface area contributed by atoms with Crippen molar-refractivity contribution in [2.45, 2.75) is 56.9 Å². The lowest BCUT2D eigenvalue weighted by Crippen LogP contribution is -2.18. The van der Waals surface area contributed by atoms with Gasteiger partial charge in [0.15, 0.2) is 9.84 Å². The first kappa shape index (κ1) is 16.0. The van der Waals surface area contributed by atoms with E-state index in [9.17, 15) is 8.42 Å². The van der Waals surface area contributed by atoms with Gasteiger partial charge >= 0.3 is 0 Å². The Morgan fingerprint density at radius 2 is 2.05 bits per heavy atom. The van der Waals surface area contributed by atoms with E-state index >= 15 is 0 Å². The van der Waals surface area contributed by atoms with Crippen LogP contribution in [0.15, 0.2) is 23.2 Å². The molecule has 5 heteroatoms. The summed E-state index contributed by atoms with van der Waals surface area (Å²) < 4.78 is 23.3. The predicted octanol–water partition coefficient (Wildman–Crippen LogP) is 3.26. The molecule has 108 valence electrons. The summed E-state index contributed by atoms with van der Waals surface area (Å²) >= 11 is 0. The fourth-order valence-electron chi connectivity index (χ4n) is 1.98. The van der Waals surface area contributed by atoms with Crippen LogP contribution in [0.1, 0.15) is 46.0 Å². The molecule has 0 aliphatic carbocycles. The number of pyridine rings is 1. The van der Waals surface area contributed by atoms with E-state index in [1.807, 2.05) is 0 Å². The Morgan fingerprint density at radius 3 is 2.68 bits per heavy atom. The molecule has 0 aromatic carbocycles. The van der Waals surface area contributed by atoms with Crippen molar-refractivity contribution in [3.8, 4) is 0 Å². The highest BCUT2D eigenvalue weighted by Crippen LogP contribution is 2.19. The molecule has 0 amide bonds. The molecule has 0 spiro atoms. The van der Waals surface area contributed by atoms with Crippen LogP contribution in [0.2, 0.25) is 0 Å². The van der Waals surface area contributed by atoms with Crippen LogP contribution < -0.4 is 5.32 Å². The third-order valence-corrected chi connectivity index (χ3v) is 4.17. The maximum Gasteiger partial charge on any atom is 0.179 e. The van der Waals surface area contributed by atoms with E-state index in [0.717, 1.165) is 12.8 Å². The average molecular weight is 284 g/mol. The van der Waals surface area contributed by atoms with E-state index in [0.29, 0.717) is 5.82 Å². The lowest BCUT2D eigenvalue weighted by Gasteiger charge is -2.16. The van der Waals surface area contributed by atoms with Gasteiger partial charge in [0.05, 0.1) is 0 Å². The molecular weight excluding hydrogens is 260 g/mol. The molecule has 0 aliphatic rings. The molecule has 1 N–H and O–H groups in total. The Bertz CT molecular complexity index is 486. The molecule has 1 heterocycles. The second-order valence-corrected chi connectivity index (χ2v) is 7.00. The van der Waals surface area contributed by atoms with Crippen LogP contribution in [0.25, 0.3) is 0 Å². The Morgan fingerprint density at radius 1 is 1.32 bits per heavy atom. The van der Waals surface area contributed by atoms with Gasteiger partial charge in [-0.1, -0.05) is 32.6 Å². The molecule has 1 rings (SSSR count). The summed E-state index contributed by atoms with van der Waals surface area (Å²) in [6.45, 7) is 4.25. The zero-order valence-corrected chi connectivity index (χ0v) is 12.8. The first-order chi connectivity index (χ1) is 8.95. The van der Waals surface area contributed by atoms with E-state index in [1.54, 1.807) is 18.3 Å². The van der Waals surface area contributed by atoms with Gasteiger partial charge in [0.25, 0.3) is 0 Å². The highest BCUT2D eigenvalue weighted by Gasteiger charge is 2.15. The molecule has 1 unspecified atom stereocenters. The summed E-state index contributed by atoms with van der Waals surface area (Å²) in [5.74, 6) is 0.466. The van der Waals surface area contributed by atoms with Crippen LogP contribution >= 0.6 is 0 Å². The van der Waals surface area contributed by atoms with Crippen LogP contribution in [0, 0.1) is 0 Å². The molecule has 1 aromatic rings. The van der Waals surface area contributed by atoms with Crippen molar-refractivity contribution in [3.63, 3.8) is 0 Å². The summed E-state index contributed by atoms with van der Waals surface area (Å²) in [5.41, 5.74) is 0. The van der Waals surface area contributed by atoms with Gasteiger partial charge in [-0.2, -0.15) is 0 Å². The highest BCUT2D eigenvalue weighted by molar-refractivity contribution is 7.90. The second kappa shape index (κ2) is 7.48. The van der Waals surface area contributed by atoms with E-state index in [-0.39, 0.29) is 10.9 Å². The first-order valence-electron chi connectivity index (χ1n) is 6.86. The predicted molar refractivity (Wildman–Crippen MR) is 79.2 cm³/mol. The largest absolute Gasteiger partial charge is 0.367 e. The van der Waals surface area contributed by atoms with E-state index in [2.05, 4.69) is 24.1 Å². The topological polar surface area (TPSA) is 59.1 Å². The summed E-state index contributed by atoms with van der Waals surface area (Å²) in [4.78, 5) is 4.41. The van der Waals surface area contributed by atoms with Gasteiger partial charge in [-0.3, -0.25) is 0 Å². The molecule has 0 bridgehead atoms. The monoisotopic (exact) mass is 284 g/mol. The quantitative estimate of drug-likeness (QED) is 0.744. The molecule has 0 saturated carbocycles. The van der Waals surface area contributed by atoms with Gasteiger partial charge < -0.3 is 5.32 Å². The smallest absolute Gasteiger partial charge is 0.179 e. The van der Waals surface area contributed by atoms with E-state index in [1.165, 1.54) is 25.5 Å². The minimum atomic E-state index is -3.23. The second-order valence-electron chi connectivity index (χ2n) is 5.02. The Balaban J connectivity index is 2.62. The maximum absolute atomic E-state index is 11.7. The van der Waals surface area contributed by atoms with Crippen molar-refractivity contribution in [1.29, 1.82) is 0 Å². The average Bonchev–Trinajstić information content (AvgIpc) is 2.34. The molecule has 0 fully saturated rings.